The fourth-order valence-corrected chi connectivity index (χ4v) is 4.28. The average Bonchev–Trinajstić information content (AvgIpc) is 2.43. The zero-order chi connectivity index (χ0) is 14.8. The van der Waals surface area contributed by atoms with Crippen LogP contribution < -0.4 is 5.56 Å². The van der Waals surface area contributed by atoms with Crippen LogP contribution in [0, 0.1) is 5.92 Å². The van der Waals surface area contributed by atoms with Gasteiger partial charge in [0.25, 0.3) is 5.56 Å². The van der Waals surface area contributed by atoms with E-state index >= 15 is 0 Å². The monoisotopic (exact) mass is 318 g/mol. The van der Waals surface area contributed by atoms with Crippen molar-refractivity contribution in [3.05, 3.63) is 27.6 Å². The first kappa shape index (κ1) is 15.5. The van der Waals surface area contributed by atoms with Gasteiger partial charge >= 0.3 is 0 Å². The van der Waals surface area contributed by atoms with Gasteiger partial charge in [0, 0.05) is 19.3 Å². The largest absolute Gasteiger partial charge is 0.326 e. The molecule has 1 saturated heterocycles. The molecule has 0 amide bonds. The van der Waals surface area contributed by atoms with Crippen LogP contribution in [0.5, 0.6) is 0 Å². The van der Waals surface area contributed by atoms with Crippen molar-refractivity contribution in [1.82, 2.24) is 9.29 Å². The molecule has 2 rings (SSSR count). The minimum absolute atomic E-state index is 0.0519. The van der Waals surface area contributed by atoms with E-state index in [9.17, 15) is 13.2 Å². The molecule has 7 heteroatoms. The fourth-order valence-electron chi connectivity index (χ4n) is 2.58. The number of pyridine rings is 1. The molecule has 0 bridgehead atoms. The molecule has 1 fully saturated rings. The molecule has 1 aromatic heterocycles. The van der Waals surface area contributed by atoms with E-state index in [4.69, 9.17) is 11.6 Å². The van der Waals surface area contributed by atoms with Crippen LogP contribution >= 0.6 is 11.6 Å². The quantitative estimate of drug-likeness (QED) is 0.925. The third kappa shape index (κ3) is 3.24. The zero-order valence-corrected chi connectivity index (χ0v) is 13.0. The molecule has 1 aromatic rings. The van der Waals surface area contributed by atoms with Gasteiger partial charge in [-0.15, -0.1) is 0 Å². The molecule has 2 heterocycles. The summed E-state index contributed by atoms with van der Waals surface area (Å²) in [6.07, 6.45) is 5.28. The van der Waals surface area contributed by atoms with E-state index in [1.54, 1.807) is 0 Å². The summed E-state index contributed by atoms with van der Waals surface area (Å²) in [7, 11) is -3.56. The van der Waals surface area contributed by atoms with Crippen LogP contribution in [-0.2, 0) is 10.0 Å². The number of hydrogen-bond acceptors (Lipinski definition) is 3. The molecule has 1 aliphatic rings. The fraction of sp³-hybridized carbons (Fsp3) is 0.615. The number of nitrogens with one attached hydrogen (secondary N) is 1. The van der Waals surface area contributed by atoms with Gasteiger partial charge in [-0.25, -0.2) is 8.42 Å². The van der Waals surface area contributed by atoms with E-state index < -0.39 is 15.6 Å². The highest BCUT2D eigenvalue weighted by Crippen LogP contribution is 2.26. The van der Waals surface area contributed by atoms with Crippen molar-refractivity contribution in [3.8, 4) is 0 Å². The van der Waals surface area contributed by atoms with E-state index in [1.165, 1.54) is 16.6 Å². The lowest BCUT2D eigenvalue weighted by atomic mass is 9.94. The first-order valence-corrected chi connectivity index (χ1v) is 8.65. The Morgan fingerprint density at radius 1 is 1.40 bits per heavy atom. The van der Waals surface area contributed by atoms with E-state index in [1.807, 2.05) is 0 Å². The molecule has 0 unspecified atom stereocenters. The van der Waals surface area contributed by atoms with Crippen molar-refractivity contribution in [1.29, 1.82) is 0 Å². The van der Waals surface area contributed by atoms with Gasteiger partial charge in [-0.2, -0.15) is 4.31 Å². The van der Waals surface area contributed by atoms with Crippen molar-refractivity contribution in [2.24, 2.45) is 5.92 Å². The van der Waals surface area contributed by atoms with Crippen LogP contribution in [0.25, 0.3) is 0 Å². The molecule has 20 heavy (non-hydrogen) atoms. The predicted molar refractivity (Wildman–Crippen MR) is 78.5 cm³/mol. The van der Waals surface area contributed by atoms with E-state index in [-0.39, 0.29) is 9.92 Å². The van der Waals surface area contributed by atoms with Gasteiger partial charge in [-0.1, -0.05) is 31.4 Å². The lowest BCUT2D eigenvalue weighted by Crippen LogP contribution is -2.38. The standard InChI is InChI=1S/C13H19ClN2O3S/c1-2-3-10-4-6-16(7-5-10)20(18,19)11-8-12(14)13(17)15-9-11/h8-10H,2-7H2,1H3,(H,15,17). The van der Waals surface area contributed by atoms with Gasteiger partial charge in [0.15, 0.2) is 0 Å². The molecular weight excluding hydrogens is 300 g/mol. The Morgan fingerprint density at radius 2 is 2.05 bits per heavy atom. The SMILES string of the molecule is CCCC1CCN(S(=O)(=O)c2c[nH]c(=O)c(Cl)c2)CC1. The summed E-state index contributed by atoms with van der Waals surface area (Å²) < 4.78 is 26.4. The highest BCUT2D eigenvalue weighted by Gasteiger charge is 2.29. The van der Waals surface area contributed by atoms with Crippen LogP contribution in [0.3, 0.4) is 0 Å². The molecule has 0 radical (unpaired) electrons. The molecule has 0 spiro atoms. The average molecular weight is 319 g/mol. The van der Waals surface area contributed by atoms with Gasteiger partial charge in [0.1, 0.15) is 5.02 Å². The Hall–Kier alpha value is -0.850. The molecule has 0 aromatic carbocycles. The number of halogens is 1. The van der Waals surface area contributed by atoms with Crippen LogP contribution in [0.2, 0.25) is 5.02 Å². The van der Waals surface area contributed by atoms with Crippen LogP contribution in [0.4, 0.5) is 0 Å². The van der Waals surface area contributed by atoms with Gasteiger partial charge in [-0.3, -0.25) is 4.79 Å². The summed E-state index contributed by atoms with van der Waals surface area (Å²) in [6, 6.07) is 1.22. The summed E-state index contributed by atoms with van der Waals surface area (Å²) in [5, 5.41) is -0.105. The molecule has 0 saturated carbocycles. The van der Waals surface area contributed by atoms with Crippen LogP contribution in [0.15, 0.2) is 22.0 Å². The minimum Gasteiger partial charge on any atom is -0.326 e. The lowest BCUT2D eigenvalue weighted by molar-refractivity contribution is 0.262. The van der Waals surface area contributed by atoms with Gasteiger partial charge in [0.2, 0.25) is 10.0 Å². The number of piperidine rings is 1. The maximum atomic E-state index is 12.5. The Bertz CT molecular complexity index is 619. The predicted octanol–water partition coefficient (Wildman–Crippen LogP) is 2.23. The Balaban J connectivity index is 2.15. The number of nitrogens with zero attached hydrogens (tertiary/aromatic N) is 1. The van der Waals surface area contributed by atoms with Gasteiger partial charge in [0.05, 0.1) is 4.90 Å². The van der Waals surface area contributed by atoms with Crippen LogP contribution in [0.1, 0.15) is 32.6 Å². The van der Waals surface area contributed by atoms with Crippen molar-refractivity contribution in [2.45, 2.75) is 37.5 Å². The summed E-state index contributed by atoms with van der Waals surface area (Å²) in [4.78, 5) is 13.6. The molecular formula is C13H19ClN2O3S. The molecule has 1 aliphatic heterocycles. The number of aromatic amines is 1. The van der Waals surface area contributed by atoms with Crippen LogP contribution in [-0.4, -0.2) is 30.8 Å². The van der Waals surface area contributed by atoms with E-state index in [0.29, 0.717) is 19.0 Å². The third-order valence-corrected chi connectivity index (χ3v) is 5.90. The summed E-state index contributed by atoms with van der Waals surface area (Å²) >= 11 is 5.70. The van der Waals surface area contributed by atoms with Crippen molar-refractivity contribution >= 4 is 21.6 Å². The van der Waals surface area contributed by atoms with Crippen molar-refractivity contribution < 1.29 is 8.42 Å². The molecule has 1 N–H and O–H groups in total. The molecule has 0 aliphatic carbocycles. The highest BCUT2D eigenvalue weighted by molar-refractivity contribution is 7.89. The maximum absolute atomic E-state index is 12.5. The second-order valence-corrected chi connectivity index (χ2v) is 7.49. The number of hydrogen-bond donors (Lipinski definition) is 1. The summed E-state index contributed by atoms with van der Waals surface area (Å²) in [5.74, 6) is 0.616. The second-order valence-electron chi connectivity index (χ2n) is 5.15. The smallest absolute Gasteiger partial charge is 0.266 e. The normalized spacial score (nSPS) is 18.3. The highest BCUT2D eigenvalue weighted by atomic mass is 35.5. The molecule has 5 nitrogen and oxygen atoms in total. The zero-order valence-electron chi connectivity index (χ0n) is 11.4. The van der Waals surface area contributed by atoms with E-state index in [0.717, 1.165) is 25.7 Å². The number of rotatable bonds is 4. The number of H-pyrrole nitrogens is 1. The third-order valence-electron chi connectivity index (χ3n) is 3.74. The molecule has 112 valence electrons. The van der Waals surface area contributed by atoms with Crippen molar-refractivity contribution in [2.75, 3.05) is 13.1 Å². The van der Waals surface area contributed by atoms with Gasteiger partial charge < -0.3 is 4.98 Å². The number of aromatic nitrogens is 1. The van der Waals surface area contributed by atoms with Gasteiger partial charge in [-0.05, 0) is 24.8 Å². The second kappa shape index (κ2) is 6.28. The topological polar surface area (TPSA) is 70.2 Å². The Kier molecular flexibility index (Phi) is 4.88. The summed E-state index contributed by atoms with van der Waals surface area (Å²) in [6.45, 7) is 3.21. The lowest BCUT2D eigenvalue weighted by Gasteiger charge is -2.31. The van der Waals surface area contributed by atoms with Crippen molar-refractivity contribution in [3.63, 3.8) is 0 Å². The first-order valence-electron chi connectivity index (χ1n) is 6.83. The molecule has 0 atom stereocenters. The Labute approximate surface area is 124 Å². The van der Waals surface area contributed by atoms with E-state index in [2.05, 4.69) is 11.9 Å². The maximum Gasteiger partial charge on any atom is 0.266 e. The summed E-state index contributed by atoms with van der Waals surface area (Å²) in [5.41, 5.74) is -0.479. The first-order chi connectivity index (χ1) is 9.45. The Morgan fingerprint density at radius 3 is 2.60 bits per heavy atom. The minimum atomic E-state index is -3.56. The number of sulfonamides is 1.